The van der Waals surface area contributed by atoms with Gasteiger partial charge in [0.15, 0.2) is 0 Å². The molecule has 0 aromatic heterocycles. The summed E-state index contributed by atoms with van der Waals surface area (Å²) in [5.74, 6) is 2.06. The van der Waals surface area contributed by atoms with E-state index in [9.17, 15) is 5.11 Å². The molecule has 0 saturated carbocycles. The van der Waals surface area contributed by atoms with Crippen molar-refractivity contribution in [2.75, 3.05) is 18.1 Å². The topological polar surface area (TPSA) is 32.3 Å². The number of rotatable bonds is 7. The van der Waals surface area contributed by atoms with Crippen molar-refractivity contribution < 1.29 is 5.11 Å². The fraction of sp³-hybridized carbons (Fsp3) is 0.800. The van der Waals surface area contributed by atoms with Crippen molar-refractivity contribution in [3.8, 4) is 0 Å². The zero-order valence-corrected chi connectivity index (χ0v) is 9.66. The van der Waals surface area contributed by atoms with E-state index in [-0.39, 0.29) is 6.04 Å². The number of aliphatic hydroxyl groups is 1. The highest BCUT2D eigenvalue weighted by molar-refractivity contribution is 7.99. The second-order valence-electron chi connectivity index (χ2n) is 3.69. The van der Waals surface area contributed by atoms with Crippen LogP contribution in [0, 0.1) is 0 Å². The molecular formula is C10H21NOS. The van der Waals surface area contributed by atoms with Gasteiger partial charge in [0, 0.05) is 24.1 Å². The molecule has 13 heavy (non-hydrogen) atoms. The van der Waals surface area contributed by atoms with E-state index in [1.54, 1.807) is 0 Å². The smallest absolute Gasteiger partial charge is 0.0741 e. The summed E-state index contributed by atoms with van der Waals surface area (Å²) in [6.07, 6.45) is 1.91. The van der Waals surface area contributed by atoms with E-state index in [0.717, 1.165) is 18.1 Å². The Balaban J connectivity index is 3.37. The van der Waals surface area contributed by atoms with Crippen LogP contribution in [-0.4, -0.2) is 34.8 Å². The number of hydrogen-bond donors (Lipinski definition) is 2. The van der Waals surface area contributed by atoms with Crippen LogP contribution < -0.4 is 5.32 Å². The van der Waals surface area contributed by atoms with Gasteiger partial charge in [0.25, 0.3) is 0 Å². The van der Waals surface area contributed by atoms with Gasteiger partial charge in [-0.25, -0.2) is 0 Å². The molecule has 0 aromatic rings. The first-order valence-corrected chi connectivity index (χ1v) is 5.78. The molecule has 0 fully saturated rings. The van der Waals surface area contributed by atoms with Gasteiger partial charge in [0.2, 0.25) is 0 Å². The van der Waals surface area contributed by atoms with Crippen molar-refractivity contribution >= 4 is 11.8 Å². The Labute approximate surface area is 85.8 Å². The van der Waals surface area contributed by atoms with Gasteiger partial charge in [0.05, 0.1) is 5.60 Å². The maximum Gasteiger partial charge on any atom is 0.0741 e. The van der Waals surface area contributed by atoms with Crippen LogP contribution in [0.2, 0.25) is 0 Å². The van der Waals surface area contributed by atoms with E-state index in [2.05, 4.69) is 11.9 Å². The quantitative estimate of drug-likeness (QED) is 0.487. The summed E-state index contributed by atoms with van der Waals surface area (Å²) in [7, 11) is 0. The fourth-order valence-corrected chi connectivity index (χ4v) is 1.36. The second-order valence-corrected chi connectivity index (χ2v) is 4.84. The van der Waals surface area contributed by atoms with E-state index < -0.39 is 5.60 Å². The molecule has 78 valence electrons. The zero-order valence-electron chi connectivity index (χ0n) is 8.84. The lowest BCUT2D eigenvalue weighted by Crippen LogP contribution is -2.45. The largest absolute Gasteiger partial charge is 0.389 e. The molecule has 3 heteroatoms. The van der Waals surface area contributed by atoms with Crippen molar-refractivity contribution in [2.45, 2.75) is 32.4 Å². The van der Waals surface area contributed by atoms with Crippen LogP contribution in [0.4, 0.5) is 0 Å². The van der Waals surface area contributed by atoms with Gasteiger partial charge in [0.1, 0.15) is 0 Å². The first-order chi connectivity index (χ1) is 5.98. The third-order valence-electron chi connectivity index (χ3n) is 1.99. The molecular weight excluding hydrogens is 182 g/mol. The van der Waals surface area contributed by atoms with Crippen LogP contribution in [0.3, 0.4) is 0 Å². The lowest BCUT2D eigenvalue weighted by molar-refractivity contribution is 0.0452. The minimum absolute atomic E-state index is 0.136. The van der Waals surface area contributed by atoms with Crippen molar-refractivity contribution in [3.63, 3.8) is 0 Å². The van der Waals surface area contributed by atoms with Gasteiger partial charge < -0.3 is 10.4 Å². The van der Waals surface area contributed by atoms with Gasteiger partial charge in [-0.2, -0.15) is 11.8 Å². The summed E-state index contributed by atoms with van der Waals surface area (Å²) in [4.78, 5) is 0. The van der Waals surface area contributed by atoms with E-state index >= 15 is 0 Å². The molecule has 0 saturated heterocycles. The molecule has 0 radical (unpaired) electrons. The molecule has 2 N–H and O–H groups in total. The number of nitrogens with one attached hydrogen (secondary N) is 1. The lowest BCUT2D eigenvalue weighted by atomic mass is 10.0. The molecule has 0 aromatic carbocycles. The molecule has 0 amide bonds. The van der Waals surface area contributed by atoms with E-state index in [1.165, 1.54) is 0 Å². The van der Waals surface area contributed by atoms with E-state index in [0.29, 0.717) is 0 Å². The van der Waals surface area contributed by atoms with Crippen LogP contribution in [0.15, 0.2) is 12.7 Å². The Morgan fingerprint density at radius 3 is 2.69 bits per heavy atom. The first kappa shape index (κ1) is 13.0. The van der Waals surface area contributed by atoms with Crippen LogP contribution in [-0.2, 0) is 0 Å². The van der Waals surface area contributed by atoms with E-state index in [1.807, 2.05) is 38.6 Å². The third kappa shape index (κ3) is 7.11. The molecule has 0 aliphatic heterocycles. The van der Waals surface area contributed by atoms with Gasteiger partial charge in [-0.1, -0.05) is 6.08 Å². The van der Waals surface area contributed by atoms with Crippen LogP contribution in [0.1, 0.15) is 20.8 Å². The Kier molecular flexibility index (Phi) is 6.47. The Morgan fingerprint density at radius 1 is 1.62 bits per heavy atom. The predicted octanol–water partition coefficient (Wildman–Crippen LogP) is 1.65. The third-order valence-corrected chi connectivity index (χ3v) is 2.96. The molecule has 0 bridgehead atoms. The molecule has 0 aliphatic rings. The molecule has 0 spiro atoms. The van der Waals surface area contributed by atoms with Crippen molar-refractivity contribution in [1.82, 2.24) is 5.32 Å². The predicted molar refractivity (Wildman–Crippen MR) is 61.3 cm³/mol. The van der Waals surface area contributed by atoms with Crippen molar-refractivity contribution in [2.24, 2.45) is 0 Å². The Hall–Kier alpha value is 0.01000. The second kappa shape index (κ2) is 6.46. The maximum absolute atomic E-state index is 9.60. The average Bonchev–Trinajstić information content (AvgIpc) is 2.02. The molecule has 1 atom stereocenters. The van der Waals surface area contributed by atoms with Gasteiger partial charge in [-0.05, 0) is 20.8 Å². The molecule has 2 nitrogen and oxygen atoms in total. The molecule has 0 rings (SSSR count). The monoisotopic (exact) mass is 203 g/mol. The summed E-state index contributed by atoms with van der Waals surface area (Å²) in [6, 6.07) is 0.136. The highest BCUT2D eigenvalue weighted by Crippen LogP contribution is 2.07. The average molecular weight is 203 g/mol. The molecule has 1 unspecified atom stereocenters. The summed E-state index contributed by atoms with van der Waals surface area (Å²) in [5, 5.41) is 12.9. The SMILES string of the molecule is C=CCSCCNC(C)C(C)(C)O. The summed E-state index contributed by atoms with van der Waals surface area (Å²) in [5.41, 5.74) is -0.636. The van der Waals surface area contributed by atoms with E-state index in [4.69, 9.17) is 0 Å². The Bertz CT molecular complexity index is 142. The maximum atomic E-state index is 9.60. The van der Waals surface area contributed by atoms with Gasteiger partial charge in [-0.3, -0.25) is 0 Å². The summed E-state index contributed by atoms with van der Waals surface area (Å²) in [6.45, 7) is 10.2. The number of hydrogen-bond acceptors (Lipinski definition) is 3. The first-order valence-electron chi connectivity index (χ1n) is 4.63. The van der Waals surface area contributed by atoms with Gasteiger partial charge in [-0.15, -0.1) is 6.58 Å². The fourth-order valence-electron chi connectivity index (χ4n) is 0.764. The number of thioether (sulfide) groups is 1. The van der Waals surface area contributed by atoms with Crippen LogP contribution in [0.5, 0.6) is 0 Å². The van der Waals surface area contributed by atoms with Crippen LogP contribution >= 0.6 is 11.8 Å². The van der Waals surface area contributed by atoms with Crippen LogP contribution in [0.25, 0.3) is 0 Å². The van der Waals surface area contributed by atoms with Gasteiger partial charge >= 0.3 is 0 Å². The highest BCUT2D eigenvalue weighted by Gasteiger charge is 2.20. The lowest BCUT2D eigenvalue weighted by Gasteiger charge is -2.26. The summed E-state index contributed by atoms with van der Waals surface area (Å²) < 4.78 is 0. The normalized spacial score (nSPS) is 14.2. The zero-order chi connectivity index (χ0) is 10.3. The minimum atomic E-state index is -0.636. The minimum Gasteiger partial charge on any atom is -0.389 e. The van der Waals surface area contributed by atoms with Crippen molar-refractivity contribution in [1.29, 1.82) is 0 Å². The standard InChI is InChI=1S/C10H21NOS/c1-5-7-13-8-6-11-9(2)10(3,4)12/h5,9,11-12H,1,6-8H2,2-4H3. The van der Waals surface area contributed by atoms with Crippen molar-refractivity contribution in [3.05, 3.63) is 12.7 Å². The highest BCUT2D eigenvalue weighted by atomic mass is 32.2. The molecule has 0 heterocycles. The molecule has 0 aliphatic carbocycles. The summed E-state index contributed by atoms with van der Waals surface area (Å²) >= 11 is 1.84. The Morgan fingerprint density at radius 2 is 2.23 bits per heavy atom.